The lowest BCUT2D eigenvalue weighted by Gasteiger charge is -2.00. The van der Waals surface area contributed by atoms with E-state index in [2.05, 4.69) is 20.5 Å². The molecular formula is C11H12N4O3. The van der Waals surface area contributed by atoms with Crippen molar-refractivity contribution in [3.63, 3.8) is 0 Å². The molecule has 1 amide bonds. The van der Waals surface area contributed by atoms with Crippen molar-refractivity contribution >= 4 is 5.91 Å². The Morgan fingerprint density at radius 1 is 1.50 bits per heavy atom. The van der Waals surface area contributed by atoms with Crippen LogP contribution in [-0.4, -0.2) is 21.1 Å². The van der Waals surface area contributed by atoms with E-state index in [1.807, 2.05) is 6.92 Å². The monoisotopic (exact) mass is 248 g/mol. The largest absolute Gasteiger partial charge is 0.444 e. The maximum atomic E-state index is 11.6. The van der Waals surface area contributed by atoms with Gasteiger partial charge in [0.25, 0.3) is 11.5 Å². The molecule has 94 valence electrons. The molecular weight excluding hydrogens is 236 g/mol. The van der Waals surface area contributed by atoms with Gasteiger partial charge < -0.3 is 9.73 Å². The van der Waals surface area contributed by atoms with Crippen LogP contribution in [-0.2, 0) is 13.0 Å². The molecule has 0 fully saturated rings. The molecule has 18 heavy (non-hydrogen) atoms. The maximum Gasteiger partial charge on any atom is 0.272 e. The molecule has 0 aliphatic heterocycles. The number of aromatic amines is 1. The first kappa shape index (κ1) is 12.0. The van der Waals surface area contributed by atoms with Crippen LogP contribution < -0.4 is 10.9 Å². The minimum atomic E-state index is -0.400. The van der Waals surface area contributed by atoms with Gasteiger partial charge in [0, 0.05) is 12.5 Å². The van der Waals surface area contributed by atoms with Crippen LogP contribution in [0, 0.1) is 0 Å². The van der Waals surface area contributed by atoms with E-state index in [0.29, 0.717) is 5.89 Å². The average Bonchev–Trinajstić information content (AvgIpc) is 2.85. The molecule has 0 saturated heterocycles. The zero-order valence-corrected chi connectivity index (χ0v) is 9.77. The first-order valence-electron chi connectivity index (χ1n) is 5.46. The Bertz CT molecular complexity index is 582. The number of oxazole rings is 1. The van der Waals surface area contributed by atoms with Crippen LogP contribution in [0.2, 0.25) is 0 Å². The summed E-state index contributed by atoms with van der Waals surface area (Å²) in [7, 11) is 0. The van der Waals surface area contributed by atoms with Gasteiger partial charge in [-0.1, -0.05) is 6.92 Å². The van der Waals surface area contributed by atoms with Gasteiger partial charge in [-0.05, 0) is 6.07 Å². The molecule has 0 aromatic carbocycles. The van der Waals surface area contributed by atoms with Crippen molar-refractivity contribution in [2.24, 2.45) is 0 Å². The zero-order chi connectivity index (χ0) is 13.0. The third-order valence-corrected chi connectivity index (χ3v) is 2.26. The fourth-order valence-electron chi connectivity index (χ4n) is 1.31. The molecule has 0 unspecified atom stereocenters. The van der Waals surface area contributed by atoms with Crippen molar-refractivity contribution in [2.75, 3.05) is 0 Å². The summed E-state index contributed by atoms with van der Waals surface area (Å²) in [6.45, 7) is 2.13. The molecule has 7 heteroatoms. The molecule has 0 spiro atoms. The van der Waals surface area contributed by atoms with Crippen LogP contribution in [0.25, 0.3) is 0 Å². The normalized spacial score (nSPS) is 10.3. The number of rotatable bonds is 4. The van der Waals surface area contributed by atoms with E-state index in [1.54, 1.807) is 6.20 Å². The summed E-state index contributed by atoms with van der Waals surface area (Å²) in [5.74, 6) is 0.800. The van der Waals surface area contributed by atoms with Gasteiger partial charge in [0.2, 0.25) is 5.89 Å². The van der Waals surface area contributed by atoms with Gasteiger partial charge in [0.05, 0.1) is 12.7 Å². The minimum Gasteiger partial charge on any atom is -0.444 e. The number of amides is 1. The highest BCUT2D eigenvalue weighted by Crippen LogP contribution is 2.03. The number of carbonyl (C=O) groups is 1. The molecule has 2 N–H and O–H groups in total. The lowest BCUT2D eigenvalue weighted by molar-refractivity contribution is 0.0941. The number of hydrogen-bond donors (Lipinski definition) is 2. The van der Waals surface area contributed by atoms with Gasteiger partial charge in [0.15, 0.2) is 0 Å². The molecule has 2 aromatic heterocycles. The third kappa shape index (κ3) is 2.82. The van der Waals surface area contributed by atoms with Crippen LogP contribution >= 0.6 is 0 Å². The number of hydrogen-bond acceptors (Lipinski definition) is 5. The number of nitrogens with zero attached hydrogens (tertiary/aromatic N) is 2. The van der Waals surface area contributed by atoms with Gasteiger partial charge in [-0.15, -0.1) is 0 Å². The van der Waals surface area contributed by atoms with E-state index in [9.17, 15) is 9.59 Å². The standard InChI is InChI=1S/C11H12N4O3/c1-2-7-5-12-10(18-7)6-13-11(17)8-3-4-9(16)15-14-8/h3-5H,2,6H2,1H3,(H,13,17)(H,15,16). The molecule has 0 saturated carbocycles. The summed E-state index contributed by atoms with van der Waals surface area (Å²) in [4.78, 5) is 26.4. The molecule has 2 aromatic rings. The summed E-state index contributed by atoms with van der Waals surface area (Å²) < 4.78 is 5.33. The second-order valence-corrected chi connectivity index (χ2v) is 3.56. The SMILES string of the molecule is CCc1cnc(CNC(=O)c2ccc(=O)[nH]n2)o1. The van der Waals surface area contributed by atoms with Crippen molar-refractivity contribution in [1.82, 2.24) is 20.5 Å². The number of nitrogens with one attached hydrogen (secondary N) is 2. The average molecular weight is 248 g/mol. The highest BCUT2D eigenvalue weighted by Gasteiger charge is 2.09. The van der Waals surface area contributed by atoms with Crippen LogP contribution in [0.4, 0.5) is 0 Å². The maximum absolute atomic E-state index is 11.6. The van der Waals surface area contributed by atoms with Crippen LogP contribution in [0.1, 0.15) is 29.1 Å². The molecule has 7 nitrogen and oxygen atoms in total. The molecule has 0 radical (unpaired) electrons. The zero-order valence-electron chi connectivity index (χ0n) is 9.77. The molecule has 0 atom stereocenters. The minimum absolute atomic E-state index is 0.136. The van der Waals surface area contributed by atoms with Gasteiger partial charge >= 0.3 is 0 Å². The quantitative estimate of drug-likeness (QED) is 0.807. The predicted octanol–water partition coefficient (Wildman–Crippen LogP) is 0.250. The van der Waals surface area contributed by atoms with Gasteiger partial charge in [0.1, 0.15) is 11.5 Å². The fourth-order valence-corrected chi connectivity index (χ4v) is 1.31. The first-order valence-corrected chi connectivity index (χ1v) is 5.46. The Labute approximate surface area is 102 Å². The lowest BCUT2D eigenvalue weighted by atomic mass is 10.3. The highest BCUT2D eigenvalue weighted by molar-refractivity contribution is 5.91. The van der Waals surface area contributed by atoms with E-state index in [1.165, 1.54) is 12.1 Å². The van der Waals surface area contributed by atoms with Crippen molar-refractivity contribution < 1.29 is 9.21 Å². The van der Waals surface area contributed by atoms with Crippen LogP contribution in [0.3, 0.4) is 0 Å². The van der Waals surface area contributed by atoms with Crippen LogP contribution in [0.5, 0.6) is 0 Å². The first-order chi connectivity index (χ1) is 8.69. The van der Waals surface area contributed by atoms with E-state index in [4.69, 9.17) is 4.42 Å². The Morgan fingerprint density at radius 3 is 2.94 bits per heavy atom. The Hall–Kier alpha value is -2.44. The second kappa shape index (κ2) is 5.26. The molecule has 2 heterocycles. The molecule has 0 bridgehead atoms. The van der Waals surface area contributed by atoms with Crippen molar-refractivity contribution in [3.8, 4) is 0 Å². The second-order valence-electron chi connectivity index (χ2n) is 3.56. The molecule has 0 aliphatic carbocycles. The van der Waals surface area contributed by atoms with Gasteiger partial charge in [-0.3, -0.25) is 9.59 Å². The summed E-state index contributed by atoms with van der Waals surface area (Å²) in [6.07, 6.45) is 2.38. The Kier molecular flexibility index (Phi) is 3.52. The number of aromatic nitrogens is 3. The van der Waals surface area contributed by atoms with Gasteiger partial charge in [-0.2, -0.15) is 5.10 Å². The van der Waals surface area contributed by atoms with E-state index in [-0.39, 0.29) is 17.8 Å². The predicted molar refractivity (Wildman–Crippen MR) is 61.9 cm³/mol. The fraction of sp³-hybridized carbons (Fsp3) is 0.273. The topological polar surface area (TPSA) is 101 Å². The molecule has 0 aliphatic rings. The number of H-pyrrole nitrogens is 1. The van der Waals surface area contributed by atoms with E-state index in [0.717, 1.165) is 12.2 Å². The molecule has 2 rings (SSSR count). The number of carbonyl (C=O) groups excluding carboxylic acids is 1. The van der Waals surface area contributed by atoms with Crippen molar-refractivity contribution in [1.29, 1.82) is 0 Å². The van der Waals surface area contributed by atoms with Crippen molar-refractivity contribution in [2.45, 2.75) is 19.9 Å². The van der Waals surface area contributed by atoms with Crippen molar-refractivity contribution in [3.05, 3.63) is 46.0 Å². The summed E-state index contributed by atoms with van der Waals surface area (Å²) in [6, 6.07) is 2.59. The van der Waals surface area contributed by atoms with E-state index < -0.39 is 5.91 Å². The lowest BCUT2D eigenvalue weighted by Crippen LogP contribution is -2.25. The van der Waals surface area contributed by atoms with Gasteiger partial charge in [-0.25, -0.2) is 10.1 Å². The highest BCUT2D eigenvalue weighted by atomic mass is 16.4. The smallest absolute Gasteiger partial charge is 0.272 e. The Balaban J connectivity index is 1.95. The van der Waals surface area contributed by atoms with E-state index >= 15 is 0 Å². The Morgan fingerprint density at radius 2 is 2.33 bits per heavy atom. The summed E-state index contributed by atoms with van der Waals surface area (Å²) in [5.41, 5.74) is -0.219. The van der Waals surface area contributed by atoms with Crippen LogP contribution in [0.15, 0.2) is 27.5 Å². The third-order valence-electron chi connectivity index (χ3n) is 2.26. The summed E-state index contributed by atoms with van der Waals surface area (Å²) >= 11 is 0. The summed E-state index contributed by atoms with van der Waals surface area (Å²) in [5, 5.41) is 8.39. The number of aryl methyl sites for hydroxylation is 1.